The molecule has 0 radical (unpaired) electrons. The van der Waals surface area contributed by atoms with Crippen LogP contribution in [0.15, 0.2) is 12.4 Å². The quantitative estimate of drug-likeness (QED) is 0.836. The number of alkyl halides is 3. The summed E-state index contributed by atoms with van der Waals surface area (Å²) in [6.45, 7) is 3.12. The van der Waals surface area contributed by atoms with Crippen molar-refractivity contribution in [1.82, 2.24) is 9.97 Å². The number of Topliss-reactive ketones (excluding diaryl/α,β-unsaturated/α-hetero) is 1. The Morgan fingerprint density at radius 2 is 2.13 bits per heavy atom. The molecule has 8 heteroatoms. The number of ketones is 1. The van der Waals surface area contributed by atoms with Gasteiger partial charge in [0.15, 0.2) is 0 Å². The second kappa shape index (κ2) is 6.07. The van der Waals surface area contributed by atoms with E-state index in [0.717, 1.165) is 17.8 Å². The Kier molecular flexibility index (Phi) is 4.27. The molecule has 0 spiro atoms. The minimum Gasteiger partial charge on any atom is -0.356 e. The van der Waals surface area contributed by atoms with Crippen molar-refractivity contribution < 1.29 is 18.0 Å². The van der Waals surface area contributed by atoms with Gasteiger partial charge in [-0.15, -0.1) is 11.3 Å². The summed E-state index contributed by atoms with van der Waals surface area (Å²) in [7, 11) is 0. The molecule has 3 heterocycles. The Labute approximate surface area is 135 Å². The van der Waals surface area contributed by atoms with E-state index in [1.54, 1.807) is 0 Å². The summed E-state index contributed by atoms with van der Waals surface area (Å²) in [5, 5.41) is 0.638. The van der Waals surface area contributed by atoms with E-state index in [-0.39, 0.29) is 16.6 Å². The fraction of sp³-hybridized carbons (Fsp3) is 0.533. The first-order valence-electron chi connectivity index (χ1n) is 7.41. The van der Waals surface area contributed by atoms with E-state index in [1.807, 2.05) is 11.8 Å². The first kappa shape index (κ1) is 16.2. The van der Waals surface area contributed by atoms with Crippen LogP contribution in [0.1, 0.15) is 24.6 Å². The summed E-state index contributed by atoms with van der Waals surface area (Å²) in [5.74, 6) is 0.864. The molecule has 2 aromatic heterocycles. The molecule has 0 saturated carbocycles. The van der Waals surface area contributed by atoms with Crippen LogP contribution in [0, 0.1) is 5.92 Å². The zero-order valence-electron chi connectivity index (χ0n) is 12.6. The molecule has 2 aromatic rings. The monoisotopic (exact) mass is 343 g/mol. The zero-order chi connectivity index (χ0) is 16.6. The van der Waals surface area contributed by atoms with Crippen molar-refractivity contribution in [2.75, 3.05) is 18.0 Å². The third-order valence-electron chi connectivity index (χ3n) is 4.04. The predicted molar refractivity (Wildman–Crippen MR) is 82.8 cm³/mol. The molecule has 1 unspecified atom stereocenters. The van der Waals surface area contributed by atoms with E-state index in [0.29, 0.717) is 35.5 Å². The number of hydrogen-bond donors (Lipinski definition) is 0. The van der Waals surface area contributed by atoms with Crippen molar-refractivity contribution in [2.24, 2.45) is 5.92 Å². The van der Waals surface area contributed by atoms with Gasteiger partial charge >= 0.3 is 6.18 Å². The van der Waals surface area contributed by atoms with Crippen molar-refractivity contribution in [3.05, 3.63) is 17.3 Å². The molecule has 1 aliphatic rings. The van der Waals surface area contributed by atoms with Crippen LogP contribution in [0.2, 0.25) is 0 Å². The van der Waals surface area contributed by atoms with Crippen LogP contribution in [-0.4, -0.2) is 35.0 Å². The molecular formula is C15H16F3N3OS. The average Bonchev–Trinajstić information content (AvgIpc) is 2.78. The summed E-state index contributed by atoms with van der Waals surface area (Å²) in [6, 6.07) is 1.53. The van der Waals surface area contributed by atoms with E-state index < -0.39 is 12.6 Å². The highest BCUT2D eigenvalue weighted by Gasteiger charge is 2.29. The fourth-order valence-electron chi connectivity index (χ4n) is 2.76. The molecular weight excluding hydrogens is 327 g/mol. The maximum Gasteiger partial charge on any atom is 0.393 e. The summed E-state index contributed by atoms with van der Waals surface area (Å²) < 4.78 is 37.8. The van der Waals surface area contributed by atoms with Crippen LogP contribution in [-0.2, 0) is 11.2 Å². The Hall–Kier alpha value is -1.70. The first-order chi connectivity index (χ1) is 10.8. The van der Waals surface area contributed by atoms with E-state index in [1.165, 1.54) is 12.4 Å². The molecule has 1 saturated heterocycles. The van der Waals surface area contributed by atoms with E-state index in [4.69, 9.17) is 0 Å². The van der Waals surface area contributed by atoms with Crippen LogP contribution < -0.4 is 4.90 Å². The molecule has 4 nitrogen and oxygen atoms in total. The highest BCUT2D eigenvalue weighted by atomic mass is 32.1. The van der Waals surface area contributed by atoms with Gasteiger partial charge in [0.05, 0.1) is 11.8 Å². The van der Waals surface area contributed by atoms with Gasteiger partial charge in [-0.25, -0.2) is 9.97 Å². The van der Waals surface area contributed by atoms with Crippen LogP contribution >= 0.6 is 11.3 Å². The van der Waals surface area contributed by atoms with Gasteiger partial charge < -0.3 is 4.90 Å². The highest BCUT2D eigenvalue weighted by molar-refractivity contribution is 7.18. The van der Waals surface area contributed by atoms with Gasteiger partial charge in [-0.3, -0.25) is 4.79 Å². The Balaban J connectivity index is 1.93. The zero-order valence-corrected chi connectivity index (χ0v) is 13.4. The summed E-state index contributed by atoms with van der Waals surface area (Å²) in [6.07, 6.45) is -2.65. The number of halogens is 3. The molecule has 0 amide bonds. The summed E-state index contributed by atoms with van der Waals surface area (Å²) >= 11 is 1.04. The van der Waals surface area contributed by atoms with Crippen molar-refractivity contribution in [3.8, 4) is 0 Å². The van der Waals surface area contributed by atoms with Gasteiger partial charge in [0, 0.05) is 30.3 Å². The molecule has 1 fully saturated rings. The number of fused-ring (bicyclic) bond motifs is 1. The predicted octanol–water partition coefficient (Wildman–Crippen LogP) is 3.60. The Morgan fingerprint density at radius 1 is 1.35 bits per heavy atom. The van der Waals surface area contributed by atoms with Gasteiger partial charge in [-0.1, -0.05) is 6.92 Å². The van der Waals surface area contributed by atoms with Gasteiger partial charge in [-0.05, 0) is 12.5 Å². The van der Waals surface area contributed by atoms with Crippen LogP contribution in [0.5, 0.6) is 0 Å². The maximum absolute atomic E-state index is 12.6. The SMILES string of the molecule is CC1CCN(c2ncnc3sc(CC(F)(F)F)cc23)CCC1=O. The third-order valence-corrected chi connectivity index (χ3v) is 5.09. The van der Waals surface area contributed by atoms with Crippen molar-refractivity contribution in [1.29, 1.82) is 0 Å². The lowest BCUT2D eigenvalue weighted by molar-refractivity contribution is -0.126. The lowest BCUT2D eigenvalue weighted by Crippen LogP contribution is -2.25. The maximum atomic E-state index is 12.6. The second-order valence-corrected chi connectivity index (χ2v) is 6.93. The van der Waals surface area contributed by atoms with Crippen molar-refractivity contribution >= 4 is 33.2 Å². The first-order valence-corrected chi connectivity index (χ1v) is 8.23. The minimum absolute atomic E-state index is 0.0144. The number of nitrogens with zero attached hydrogens (tertiary/aromatic N) is 3. The highest BCUT2D eigenvalue weighted by Crippen LogP contribution is 2.34. The number of carbonyl (C=O) groups is 1. The van der Waals surface area contributed by atoms with Crippen molar-refractivity contribution in [2.45, 2.75) is 32.4 Å². The molecule has 0 aliphatic carbocycles. The fourth-order valence-corrected chi connectivity index (χ4v) is 3.78. The molecule has 0 aromatic carbocycles. The van der Waals surface area contributed by atoms with Gasteiger partial charge in [-0.2, -0.15) is 13.2 Å². The van der Waals surface area contributed by atoms with E-state index in [9.17, 15) is 18.0 Å². The number of rotatable bonds is 2. The number of aromatic nitrogens is 2. The molecule has 1 atom stereocenters. The molecule has 3 rings (SSSR count). The number of thiophene rings is 1. The molecule has 23 heavy (non-hydrogen) atoms. The molecule has 0 N–H and O–H groups in total. The minimum atomic E-state index is -4.24. The van der Waals surface area contributed by atoms with Gasteiger partial charge in [0.1, 0.15) is 22.8 Å². The Bertz CT molecular complexity index is 728. The standard InChI is InChI=1S/C15H16F3N3OS/c1-9-2-4-21(5-3-12(9)22)13-11-6-10(7-15(16,17)18)23-14(11)20-8-19-13/h6,8-9H,2-5,7H2,1H3. The van der Waals surface area contributed by atoms with Gasteiger partial charge in [0.2, 0.25) is 0 Å². The van der Waals surface area contributed by atoms with Crippen LogP contribution in [0.3, 0.4) is 0 Å². The molecule has 124 valence electrons. The number of carbonyl (C=O) groups excluding carboxylic acids is 1. The second-order valence-electron chi connectivity index (χ2n) is 5.81. The van der Waals surface area contributed by atoms with E-state index >= 15 is 0 Å². The van der Waals surface area contributed by atoms with Crippen molar-refractivity contribution in [3.63, 3.8) is 0 Å². The lowest BCUT2D eigenvalue weighted by atomic mass is 10.0. The largest absolute Gasteiger partial charge is 0.393 e. The van der Waals surface area contributed by atoms with Crippen LogP contribution in [0.4, 0.5) is 19.0 Å². The summed E-state index contributed by atoms with van der Waals surface area (Å²) in [5.41, 5.74) is 0. The smallest absolute Gasteiger partial charge is 0.356 e. The normalized spacial score (nSPS) is 20.1. The third kappa shape index (κ3) is 3.63. The van der Waals surface area contributed by atoms with E-state index in [2.05, 4.69) is 9.97 Å². The van der Waals surface area contributed by atoms with Gasteiger partial charge in [0.25, 0.3) is 0 Å². The Morgan fingerprint density at radius 3 is 2.87 bits per heavy atom. The summed E-state index contributed by atoms with van der Waals surface area (Å²) in [4.78, 5) is 22.9. The van der Waals surface area contributed by atoms with Crippen LogP contribution in [0.25, 0.3) is 10.2 Å². The molecule has 0 bridgehead atoms. The average molecular weight is 343 g/mol. The molecule has 1 aliphatic heterocycles. The topological polar surface area (TPSA) is 46.1 Å². The lowest BCUT2D eigenvalue weighted by Gasteiger charge is -2.21. The number of hydrogen-bond acceptors (Lipinski definition) is 5. The number of anilines is 1.